The second-order valence-electron chi connectivity index (χ2n) is 4.25. The van der Waals surface area contributed by atoms with E-state index in [1.54, 1.807) is 11.8 Å². The van der Waals surface area contributed by atoms with Crippen molar-refractivity contribution in [2.75, 3.05) is 12.3 Å². The first-order chi connectivity index (χ1) is 8.22. The van der Waals surface area contributed by atoms with E-state index in [2.05, 4.69) is 36.5 Å². The number of hydrogen-bond donors (Lipinski definition) is 2. The first-order valence-electron chi connectivity index (χ1n) is 5.93. The van der Waals surface area contributed by atoms with Crippen molar-refractivity contribution in [2.45, 2.75) is 24.6 Å². The van der Waals surface area contributed by atoms with E-state index in [0.29, 0.717) is 17.0 Å². The monoisotopic (exact) mass is 250 g/mol. The van der Waals surface area contributed by atoms with Crippen molar-refractivity contribution in [3.8, 4) is 0 Å². The third-order valence-electron chi connectivity index (χ3n) is 3.05. The lowest BCUT2D eigenvalue weighted by atomic mass is 10.1. The largest absolute Gasteiger partial charge is 0.369 e. The van der Waals surface area contributed by atoms with E-state index in [-0.39, 0.29) is 5.91 Å². The Kier molecular flexibility index (Phi) is 4.07. The summed E-state index contributed by atoms with van der Waals surface area (Å²) in [5.41, 5.74) is 7.98. The van der Waals surface area contributed by atoms with Gasteiger partial charge in [-0.1, -0.05) is 31.2 Å². The maximum absolute atomic E-state index is 10.9. The van der Waals surface area contributed by atoms with Crippen LogP contribution in [0.1, 0.15) is 24.1 Å². The van der Waals surface area contributed by atoms with E-state index in [9.17, 15) is 4.79 Å². The fraction of sp³-hybridized carbons (Fsp3) is 0.462. The van der Waals surface area contributed by atoms with Gasteiger partial charge in [0.15, 0.2) is 0 Å². The summed E-state index contributed by atoms with van der Waals surface area (Å²) in [5.74, 6) is 0.168. The van der Waals surface area contributed by atoms with Gasteiger partial charge in [-0.2, -0.15) is 0 Å². The Balaban J connectivity index is 2.11. The molecule has 0 saturated heterocycles. The molecule has 4 heteroatoms. The molecule has 1 aliphatic rings. The molecule has 3 N–H and O–H groups in total. The van der Waals surface area contributed by atoms with Crippen LogP contribution >= 0.6 is 11.8 Å². The van der Waals surface area contributed by atoms with E-state index < -0.39 is 0 Å². The van der Waals surface area contributed by atoms with Gasteiger partial charge in [0.2, 0.25) is 5.91 Å². The molecule has 17 heavy (non-hydrogen) atoms. The first-order valence-corrected chi connectivity index (χ1v) is 6.98. The molecule has 1 aromatic rings. The number of carbonyl (C=O) groups is 1. The van der Waals surface area contributed by atoms with Gasteiger partial charge in [0.25, 0.3) is 0 Å². The van der Waals surface area contributed by atoms with Crippen LogP contribution in [0.2, 0.25) is 0 Å². The zero-order chi connectivity index (χ0) is 12.3. The maximum atomic E-state index is 10.9. The minimum Gasteiger partial charge on any atom is -0.369 e. The smallest absolute Gasteiger partial charge is 0.227 e. The molecule has 1 aromatic carbocycles. The van der Waals surface area contributed by atoms with Gasteiger partial charge in [0.1, 0.15) is 0 Å². The predicted octanol–water partition coefficient (Wildman–Crippen LogP) is 1.48. The fourth-order valence-corrected chi connectivity index (χ4v) is 3.48. The van der Waals surface area contributed by atoms with E-state index in [4.69, 9.17) is 5.73 Å². The number of hydrogen-bond acceptors (Lipinski definition) is 3. The molecule has 0 bridgehead atoms. The highest BCUT2D eigenvalue weighted by atomic mass is 32.2. The van der Waals surface area contributed by atoms with Crippen LogP contribution in [0.15, 0.2) is 24.3 Å². The van der Waals surface area contributed by atoms with Gasteiger partial charge in [0, 0.05) is 11.3 Å². The summed E-state index contributed by atoms with van der Waals surface area (Å²) in [6.45, 7) is 3.05. The highest BCUT2D eigenvalue weighted by Crippen LogP contribution is 2.38. The molecule has 0 aromatic heterocycles. The van der Waals surface area contributed by atoms with Crippen LogP contribution in [0.4, 0.5) is 0 Å². The van der Waals surface area contributed by atoms with E-state index >= 15 is 0 Å². The number of amides is 1. The summed E-state index contributed by atoms with van der Waals surface area (Å²) < 4.78 is 0. The maximum Gasteiger partial charge on any atom is 0.227 e. The second-order valence-corrected chi connectivity index (χ2v) is 5.48. The van der Waals surface area contributed by atoms with Gasteiger partial charge in [-0.3, -0.25) is 4.79 Å². The molecule has 0 saturated carbocycles. The predicted molar refractivity (Wildman–Crippen MR) is 72.0 cm³/mol. The molecular weight excluding hydrogens is 232 g/mol. The Hall–Kier alpha value is -1.00. The second kappa shape index (κ2) is 5.56. The Morgan fingerprint density at radius 3 is 3.00 bits per heavy atom. The number of fused-ring (bicyclic) bond motifs is 1. The number of nitrogens with two attached hydrogens (primary N) is 1. The van der Waals surface area contributed by atoms with Crippen LogP contribution in [-0.2, 0) is 11.2 Å². The van der Waals surface area contributed by atoms with E-state index in [1.165, 1.54) is 11.1 Å². The number of carbonyl (C=O) groups excluding carboxylic acids is 1. The van der Waals surface area contributed by atoms with Crippen LogP contribution in [0.3, 0.4) is 0 Å². The third kappa shape index (κ3) is 2.82. The van der Waals surface area contributed by atoms with Gasteiger partial charge in [0.05, 0.1) is 5.75 Å². The SMILES string of the molecule is CCNC1c2ccccc2CC1SCC(N)=O. The number of primary amides is 1. The number of rotatable bonds is 5. The van der Waals surface area contributed by atoms with Crippen molar-refractivity contribution >= 4 is 17.7 Å². The first kappa shape index (κ1) is 12.5. The number of thioether (sulfide) groups is 1. The molecule has 1 amide bonds. The lowest BCUT2D eigenvalue weighted by Crippen LogP contribution is -2.28. The molecule has 0 aliphatic heterocycles. The van der Waals surface area contributed by atoms with Crippen LogP contribution in [-0.4, -0.2) is 23.5 Å². The van der Waals surface area contributed by atoms with Crippen molar-refractivity contribution in [3.05, 3.63) is 35.4 Å². The van der Waals surface area contributed by atoms with Gasteiger partial charge in [-0.05, 0) is 24.1 Å². The van der Waals surface area contributed by atoms with Crippen LogP contribution in [0.5, 0.6) is 0 Å². The van der Waals surface area contributed by atoms with Gasteiger partial charge in [-0.15, -0.1) is 11.8 Å². The zero-order valence-corrected chi connectivity index (χ0v) is 10.8. The number of benzene rings is 1. The lowest BCUT2D eigenvalue weighted by molar-refractivity contribution is -0.115. The zero-order valence-electron chi connectivity index (χ0n) is 9.98. The fourth-order valence-electron chi connectivity index (χ4n) is 2.36. The normalized spacial score (nSPS) is 22.4. The van der Waals surface area contributed by atoms with Gasteiger partial charge < -0.3 is 11.1 Å². The highest BCUT2D eigenvalue weighted by molar-refractivity contribution is 8.00. The minimum atomic E-state index is -0.235. The topological polar surface area (TPSA) is 55.1 Å². The molecule has 2 atom stereocenters. The molecule has 2 rings (SSSR count). The van der Waals surface area contributed by atoms with Crippen LogP contribution in [0.25, 0.3) is 0 Å². The molecule has 0 fully saturated rings. The molecule has 0 heterocycles. The Bertz CT molecular complexity index is 408. The van der Waals surface area contributed by atoms with Crippen molar-refractivity contribution in [2.24, 2.45) is 5.73 Å². The van der Waals surface area contributed by atoms with E-state index in [0.717, 1.165) is 13.0 Å². The summed E-state index contributed by atoms with van der Waals surface area (Å²) in [5, 5.41) is 3.92. The molecule has 0 spiro atoms. The molecule has 1 aliphatic carbocycles. The Morgan fingerprint density at radius 2 is 2.29 bits per heavy atom. The van der Waals surface area contributed by atoms with Crippen molar-refractivity contribution in [1.82, 2.24) is 5.32 Å². The summed E-state index contributed by atoms with van der Waals surface area (Å²) in [6.07, 6.45) is 1.02. The lowest BCUT2D eigenvalue weighted by Gasteiger charge is -2.20. The van der Waals surface area contributed by atoms with E-state index in [1.807, 2.05) is 0 Å². The molecular formula is C13H18N2OS. The number of nitrogens with one attached hydrogen (secondary N) is 1. The summed E-state index contributed by atoms with van der Waals surface area (Å²) in [4.78, 5) is 10.9. The van der Waals surface area contributed by atoms with Gasteiger partial charge >= 0.3 is 0 Å². The van der Waals surface area contributed by atoms with Gasteiger partial charge in [-0.25, -0.2) is 0 Å². The third-order valence-corrected chi connectivity index (χ3v) is 4.36. The summed E-state index contributed by atoms with van der Waals surface area (Å²) >= 11 is 1.66. The average Bonchev–Trinajstić information content (AvgIpc) is 2.66. The van der Waals surface area contributed by atoms with Crippen LogP contribution in [0, 0.1) is 0 Å². The standard InChI is InChI=1S/C13H18N2OS/c1-2-15-13-10-6-4-3-5-9(10)7-11(13)17-8-12(14)16/h3-6,11,13,15H,2,7-8H2,1H3,(H2,14,16). The summed E-state index contributed by atoms with van der Waals surface area (Å²) in [6, 6.07) is 8.84. The molecule has 0 radical (unpaired) electrons. The van der Waals surface area contributed by atoms with Crippen molar-refractivity contribution in [3.63, 3.8) is 0 Å². The molecule has 92 valence electrons. The summed E-state index contributed by atoms with van der Waals surface area (Å²) in [7, 11) is 0. The molecule has 3 nitrogen and oxygen atoms in total. The van der Waals surface area contributed by atoms with Crippen molar-refractivity contribution in [1.29, 1.82) is 0 Å². The van der Waals surface area contributed by atoms with Crippen molar-refractivity contribution < 1.29 is 4.79 Å². The van der Waals surface area contributed by atoms with Crippen LogP contribution < -0.4 is 11.1 Å². The average molecular weight is 250 g/mol. The Morgan fingerprint density at radius 1 is 1.53 bits per heavy atom. The minimum absolute atomic E-state index is 0.235. The molecule has 2 unspecified atom stereocenters. The Labute approximate surface area is 106 Å². The quantitative estimate of drug-likeness (QED) is 0.832. The highest BCUT2D eigenvalue weighted by Gasteiger charge is 2.31.